The van der Waals surface area contributed by atoms with E-state index in [-0.39, 0.29) is 0 Å². The van der Waals surface area contributed by atoms with Crippen molar-refractivity contribution < 1.29 is 10.0 Å². The maximum Gasteiger partial charge on any atom is 0.489 e. The maximum atomic E-state index is 9.08. The van der Waals surface area contributed by atoms with E-state index < -0.39 is 7.12 Å². The molecule has 0 atom stereocenters. The van der Waals surface area contributed by atoms with Crippen LogP contribution in [0.1, 0.15) is 0 Å². The quantitative estimate of drug-likeness (QED) is 0.129. The molecule has 0 saturated heterocycles. The molecule has 84 heavy (non-hydrogen) atoms. The molecule has 0 heterocycles. The lowest BCUT2D eigenvalue weighted by Gasteiger charge is -2.19. The summed E-state index contributed by atoms with van der Waals surface area (Å²) < 4.78 is 0. The van der Waals surface area contributed by atoms with Crippen molar-refractivity contribution in [1.82, 2.24) is 0 Å². The highest BCUT2D eigenvalue weighted by Crippen LogP contribution is 2.47. The predicted molar refractivity (Wildman–Crippen MR) is 361 cm³/mol. The zero-order valence-corrected chi connectivity index (χ0v) is 46.6. The molecule has 0 aliphatic heterocycles. The summed E-state index contributed by atoms with van der Waals surface area (Å²) in [6.07, 6.45) is 0. The molecule has 0 bridgehead atoms. The molecule has 2 N–H and O–H groups in total. The van der Waals surface area contributed by atoms with E-state index in [2.05, 4.69) is 267 Å². The Morgan fingerprint density at radius 2 is 0.571 bits per heavy atom. The Balaban J connectivity index is 0.000000126. The van der Waals surface area contributed by atoms with E-state index in [4.69, 9.17) is 21.6 Å². The van der Waals surface area contributed by atoms with Crippen LogP contribution in [0.3, 0.4) is 0 Å². The third kappa shape index (κ3) is 9.81. The van der Waals surface area contributed by atoms with Crippen molar-refractivity contribution in [2.24, 2.45) is 0 Å². The highest BCUT2D eigenvalue weighted by atomic mass is 35.5. The van der Waals surface area contributed by atoms with Crippen LogP contribution in [-0.4, -0.2) is 17.2 Å². The van der Waals surface area contributed by atoms with Crippen molar-refractivity contribution in [1.29, 1.82) is 0 Å². The van der Waals surface area contributed by atoms with Gasteiger partial charge in [0.15, 0.2) is 0 Å². The molecule has 0 amide bonds. The van der Waals surface area contributed by atoms with Gasteiger partial charge in [-0.3, -0.25) is 0 Å². The first kappa shape index (κ1) is 52.0. The summed E-state index contributed by atoms with van der Waals surface area (Å²) in [5.74, 6) is 0. The number of benzene rings is 16. The average Bonchev–Trinajstić information content (AvgIpc) is 1.55. The lowest BCUT2D eigenvalue weighted by molar-refractivity contribution is 0.426. The Labute approximate surface area is 493 Å². The molecule has 0 unspecified atom stereocenters. The number of hydrogen-bond donors (Lipinski definition) is 2. The first-order valence-electron chi connectivity index (χ1n) is 28.5. The fourth-order valence-electron chi connectivity index (χ4n) is 12.6. The molecule has 16 aromatic carbocycles. The monoisotopic (exact) mass is 1090 g/mol. The van der Waals surface area contributed by atoms with Gasteiger partial charge < -0.3 is 10.0 Å². The fraction of sp³-hybridized carbons (Fsp3) is 0. The predicted octanol–water partition coefficient (Wildman–Crippen LogP) is 21.0. The average molecular weight is 1090 g/mol. The molecule has 0 aliphatic carbocycles. The summed E-state index contributed by atoms with van der Waals surface area (Å²) in [4.78, 5) is 0. The Morgan fingerprint density at radius 3 is 1.08 bits per heavy atom. The third-order valence-electron chi connectivity index (χ3n) is 16.4. The van der Waals surface area contributed by atoms with Gasteiger partial charge in [-0.2, -0.15) is 0 Å². The van der Waals surface area contributed by atoms with Crippen molar-refractivity contribution in [3.8, 4) is 55.6 Å². The number of rotatable bonds is 6. The van der Waals surface area contributed by atoms with Gasteiger partial charge in [-0.25, -0.2) is 0 Å². The molecular weight excluding hydrogens is 1040 g/mol. The van der Waals surface area contributed by atoms with Crippen molar-refractivity contribution in [3.05, 3.63) is 320 Å². The molecule has 0 saturated carbocycles. The van der Waals surface area contributed by atoms with Crippen LogP contribution in [0.4, 0.5) is 0 Å². The molecule has 16 aromatic rings. The first-order chi connectivity index (χ1) is 41.4. The van der Waals surface area contributed by atoms with Crippen molar-refractivity contribution in [3.63, 3.8) is 0 Å². The number of halogens is 1. The molecule has 0 spiro atoms. The van der Waals surface area contributed by atoms with Crippen molar-refractivity contribution in [2.45, 2.75) is 0 Å². The van der Waals surface area contributed by atoms with Crippen LogP contribution in [-0.2, 0) is 0 Å². The Hall–Kier alpha value is -10.1. The van der Waals surface area contributed by atoms with Crippen LogP contribution in [0.15, 0.2) is 315 Å². The van der Waals surface area contributed by atoms with Gasteiger partial charge in [-0.1, -0.05) is 297 Å². The van der Waals surface area contributed by atoms with Gasteiger partial charge in [0.25, 0.3) is 0 Å². The van der Waals surface area contributed by atoms with E-state index in [1.807, 2.05) is 42.5 Å². The van der Waals surface area contributed by atoms with Gasteiger partial charge in [0, 0.05) is 5.02 Å². The van der Waals surface area contributed by atoms with Crippen LogP contribution in [0.2, 0.25) is 5.02 Å². The summed E-state index contributed by atoms with van der Waals surface area (Å²) >= 11 is 6.52. The third-order valence-corrected chi connectivity index (χ3v) is 16.6. The van der Waals surface area contributed by atoms with Gasteiger partial charge in [0.2, 0.25) is 0 Å². The summed E-state index contributed by atoms with van der Waals surface area (Å²) in [7, 11) is -1.40. The molecule has 0 aliphatic rings. The standard InChI is InChI=1S/C40H26.C30H19Cl.C10H9BO2/c1-2-13-29(14-3-1)39-35-18-8-9-19-36(35)40(32-22-21-27-11-4-5-15-30(27)25-32)38-26-31(23-24-37(38)39)34-20-10-16-28-12-6-7-17-33(28)34;31-24-16-17-27-28(19-24)30(23-15-14-20-8-4-5-11-22(20)18-23)26-13-7-6-12-25(26)29(27)21-9-2-1-3-10-21;12-11(13)10-7-3-5-8-4-1-2-6-9(8)10/h1-26H;1-19H;1-7,12-13H. The molecule has 0 fully saturated rings. The van der Waals surface area contributed by atoms with Gasteiger partial charge in [-0.15, -0.1) is 0 Å². The minimum atomic E-state index is -1.40. The molecule has 0 aromatic heterocycles. The molecular formula is C80H54BClO2. The molecule has 396 valence electrons. The SMILES string of the molecule is Clc1ccc2c(-c3ccccc3)c3ccccc3c(-c3ccc4ccccc4c3)c2c1.OB(O)c1cccc2ccccc12.c1ccc(-c2c3ccccc3c(-c3ccc4ccccc4c3)c3cc(-c4cccc5ccccc45)ccc23)cc1. The molecule has 2 nitrogen and oxygen atoms in total. The second-order valence-electron chi connectivity index (χ2n) is 21.4. The van der Waals surface area contributed by atoms with E-state index in [1.54, 1.807) is 6.07 Å². The van der Waals surface area contributed by atoms with Crippen molar-refractivity contribution in [2.75, 3.05) is 0 Å². The minimum Gasteiger partial charge on any atom is -0.423 e. The highest BCUT2D eigenvalue weighted by Gasteiger charge is 2.20. The summed E-state index contributed by atoms with van der Waals surface area (Å²) in [6, 6.07) is 112. The highest BCUT2D eigenvalue weighted by molar-refractivity contribution is 6.62. The minimum absolute atomic E-state index is 0.554. The van der Waals surface area contributed by atoms with Gasteiger partial charge in [0.1, 0.15) is 0 Å². The maximum absolute atomic E-state index is 9.08. The van der Waals surface area contributed by atoms with Crippen LogP contribution < -0.4 is 5.46 Å². The summed E-state index contributed by atoms with van der Waals surface area (Å²) in [6.45, 7) is 0. The molecule has 0 radical (unpaired) electrons. The van der Waals surface area contributed by atoms with Gasteiger partial charge in [-0.05, 0) is 178 Å². The molecule has 16 rings (SSSR count). The van der Waals surface area contributed by atoms with Crippen LogP contribution >= 0.6 is 11.6 Å². The van der Waals surface area contributed by atoms with Crippen LogP contribution in [0.5, 0.6) is 0 Å². The number of fused-ring (bicyclic) bond motifs is 8. The second-order valence-corrected chi connectivity index (χ2v) is 21.8. The lowest BCUT2D eigenvalue weighted by atomic mass is 9.77. The Morgan fingerprint density at radius 1 is 0.214 bits per heavy atom. The topological polar surface area (TPSA) is 40.5 Å². The Bertz CT molecular complexity index is 5120. The molecule has 4 heteroatoms. The normalized spacial score (nSPS) is 11.3. The van der Waals surface area contributed by atoms with Gasteiger partial charge in [0.05, 0.1) is 0 Å². The first-order valence-corrected chi connectivity index (χ1v) is 28.8. The summed E-state index contributed by atoms with van der Waals surface area (Å²) in [5, 5.41) is 38.4. The fourth-order valence-corrected chi connectivity index (χ4v) is 12.8. The van der Waals surface area contributed by atoms with Crippen LogP contribution in [0, 0.1) is 0 Å². The lowest BCUT2D eigenvalue weighted by Crippen LogP contribution is -2.30. The van der Waals surface area contributed by atoms with Gasteiger partial charge >= 0.3 is 7.12 Å². The summed E-state index contributed by atoms with van der Waals surface area (Å²) in [5.41, 5.74) is 13.0. The largest absolute Gasteiger partial charge is 0.489 e. The zero-order chi connectivity index (χ0) is 56.5. The second kappa shape index (κ2) is 22.7. The van der Waals surface area contributed by atoms with E-state index in [0.717, 1.165) is 15.8 Å². The van der Waals surface area contributed by atoms with E-state index in [1.165, 1.54) is 131 Å². The Kier molecular flexibility index (Phi) is 14.0. The van der Waals surface area contributed by atoms with E-state index >= 15 is 0 Å². The van der Waals surface area contributed by atoms with E-state index in [9.17, 15) is 0 Å². The smallest absolute Gasteiger partial charge is 0.423 e. The van der Waals surface area contributed by atoms with E-state index in [0.29, 0.717) is 5.46 Å². The number of hydrogen-bond acceptors (Lipinski definition) is 2. The van der Waals surface area contributed by atoms with Crippen LogP contribution in [0.25, 0.3) is 142 Å². The zero-order valence-electron chi connectivity index (χ0n) is 45.9. The van der Waals surface area contributed by atoms with Crippen molar-refractivity contribution >= 4 is 110 Å².